The summed E-state index contributed by atoms with van der Waals surface area (Å²) in [6, 6.07) is 0. The first-order chi connectivity index (χ1) is 6.31. The molecule has 0 aromatic carbocycles. The van der Waals surface area contributed by atoms with Gasteiger partial charge in [-0.3, -0.25) is 0 Å². The fourth-order valence-electron chi connectivity index (χ4n) is 1.06. The topological polar surface area (TPSA) is 38.9 Å². The van der Waals surface area contributed by atoms with Crippen LogP contribution in [0.1, 0.15) is 33.1 Å². The molecule has 0 saturated carbocycles. The van der Waals surface area contributed by atoms with Gasteiger partial charge in [0.05, 0.1) is 0 Å². The van der Waals surface area contributed by atoms with Crippen molar-refractivity contribution in [3.8, 4) is 0 Å². The van der Waals surface area contributed by atoms with Crippen molar-refractivity contribution in [1.82, 2.24) is 10.2 Å². The first-order valence-corrected chi connectivity index (χ1v) is 4.56. The van der Waals surface area contributed by atoms with E-state index in [2.05, 4.69) is 10.2 Å². The van der Waals surface area contributed by atoms with Gasteiger partial charge >= 0.3 is 5.35 Å². The van der Waals surface area contributed by atoms with Crippen molar-refractivity contribution >= 4 is 11.6 Å². The Kier molecular flexibility index (Phi) is 2.81. The van der Waals surface area contributed by atoms with Gasteiger partial charge in [-0.05, 0) is 25.4 Å². The van der Waals surface area contributed by atoms with Gasteiger partial charge in [0.1, 0.15) is 5.41 Å². The Morgan fingerprint density at radius 2 is 1.93 bits per heavy atom. The van der Waals surface area contributed by atoms with Crippen LogP contribution in [-0.2, 0) is 5.41 Å². The number of aromatic nitrogens is 2. The van der Waals surface area contributed by atoms with Gasteiger partial charge in [0, 0.05) is 6.42 Å². The standard InChI is InChI=1S/C8H11ClF2N2O/c1-4-8(10,11)7(2,3)5-12-13-6(9)14-5/h4H2,1-3H3. The SMILES string of the molecule is CCC(F)(F)C(C)(C)c1nnc(Cl)o1. The van der Waals surface area contributed by atoms with Gasteiger partial charge < -0.3 is 4.42 Å². The van der Waals surface area contributed by atoms with Crippen LogP contribution in [0.4, 0.5) is 8.78 Å². The summed E-state index contributed by atoms with van der Waals surface area (Å²) in [4.78, 5) is 0. The van der Waals surface area contributed by atoms with Gasteiger partial charge in [0.2, 0.25) is 5.89 Å². The molecule has 0 aliphatic rings. The molecule has 1 aromatic rings. The smallest absolute Gasteiger partial charge is 0.312 e. The Morgan fingerprint density at radius 3 is 2.29 bits per heavy atom. The molecule has 0 radical (unpaired) electrons. The highest BCUT2D eigenvalue weighted by Gasteiger charge is 2.50. The van der Waals surface area contributed by atoms with Gasteiger partial charge in [0.15, 0.2) is 0 Å². The van der Waals surface area contributed by atoms with Crippen LogP contribution in [0.5, 0.6) is 0 Å². The maximum atomic E-state index is 13.5. The fourth-order valence-corrected chi connectivity index (χ4v) is 1.17. The Labute approximate surface area is 85.5 Å². The lowest BCUT2D eigenvalue weighted by molar-refractivity contribution is -0.0773. The van der Waals surface area contributed by atoms with Crippen LogP contribution in [0.3, 0.4) is 0 Å². The van der Waals surface area contributed by atoms with Crippen molar-refractivity contribution in [2.24, 2.45) is 0 Å². The molecule has 1 rings (SSSR count). The fraction of sp³-hybridized carbons (Fsp3) is 0.750. The Hall–Kier alpha value is -0.710. The van der Waals surface area contributed by atoms with E-state index in [9.17, 15) is 8.78 Å². The average molecular weight is 225 g/mol. The molecule has 0 unspecified atom stereocenters. The molecule has 0 aliphatic carbocycles. The summed E-state index contributed by atoms with van der Waals surface area (Å²) in [7, 11) is 0. The maximum Gasteiger partial charge on any atom is 0.312 e. The van der Waals surface area contributed by atoms with Crippen molar-refractivity contribution in [2.75, 3.05) is 0 Å². The molecule has 1 heterocycles. The molecule has 6 heteroatoms. The number of rotatable bonds is 3. The number of hydrogen-bond donors (Lipinski definition) is 0. The van der Waals surface area contributed by atoms with E-state index < -0.39 is 11.3 Å². The molecule has 0 saturated heterocycles. The third-order valence-corrected chi connectivity index (χ3v) is 2.45. The van der Waals surface area contributed by atoms with Crippen LogP contribution >= 0.6 is 11.6 Å². The lowest BCUT2D eigenvalue weighted by Crippen LogP contribution is -2.40. The Bertz CT molecular complexity index is 325. The van der Waals surface area contributed by atoms with Crippen LogP contribution < -0.4 is 0 Å². The van der Waals surface area contributed by atoms with Gasteiger partial charge in [-0.2, -0.15) is 0 Å². The molecule has 0 aliphatic heterocycles. The average Bonchev–Trinajstić information content (AvgIpc) is 2.52. The van der Waals surface area contributed by atoms with Crippen molar-refractivity contribution in [3.63, 3.8) is 0 Å². The van der Waals surface area contributed by atoms with Crippen LogP contribution in [-0.4, -0.2) is 16.1 Å². The zero-order valence-corrected chi connectivity index (χ0v) is 8.90. The summed E-state index contributed by atoms with van der Waals surface area (Å²) < 4.78 is 31.7. The van der Waals surface area contributed by atoms with Crippen LogP contribution in [0.2, 0.25) is 5.35 Å². The molecule has 80 valence electrons. The summed E-state index contributed by atoms with van der Waals surface area (Å²) in [5, 5.41) is 6.60. The minimum Gasteiger partial charge on any atom is -0.411 e. The van der Waals surface area contributed by atoms with Crippen molar-refractivity contribution in [3.05, 3.63) is 11.2 Å². The number of nitrogens with zero attached hydrogens (tertiary/aromatic N) is 2. The minimum absolute atomic E-state index is 0.144. The molecule has 3 nitrogen and oxygen atoms in total. The largest absolute Gasteiger partial charge is 0.411 e. The van der Waals surface area contributed by atoms with Gasteiger partial charge in [-0.15, -0.1) is 5.10 Å². The van der Waals surface area contributed by atoms with Crippen molar-refractivity contribution < 1.29 is 13.2 Å². The normalized spacial score (nSPS) is 13.3. The lowest BCUT2D eigenvalue weighted by Gasteiger charge is -2.29. The lowest BCUT2D eigenvalue weighted by atomic mass is 9.84. The van der Waals surface area contributed by atoms with E-state index in [1.807, 2.05) is 0 Å². The number of alkyl halides is 2. The molecular formula is C8H11ClF2N2O. The summed E-state index contributed by atoms with van der Waals surface area (Å²) in [5.41, 5.74) is -1.50. The van der Waals surface area contributed by atoms with Gasteiger partial charge in [0.25, 0.3) is 5.92 Å². The second-order valence-corrected chi connectivity index (χ2v) is 3.87. The van der Waals surface area contributed by atoms with E-state index in [0.29, 0.717) is 0 Å². The van der Waals surface area contributed by atoms with Crippen LogP contribution in [0.25, 0.3) is 0 Å². The number of hydrogen-bond acceptors (Lipinski definition) is 3. The summed E-state index contributed by atoms with van der Waals surface area (Å²) >= 11 is 5.37. The van der Waals surface area contributed by atoms with Crippen molar-refractivity contribution in [1.29, 1.82) is 0 Å². The molecule has 0 fully saturated rings. The van der Waals surface area contributed by atoms with E-state index >= 15 is 0 Å². The quantitative estimate of drug-likeness (QED) is 0.792. The van der Waals surface area contributed by atoms with E-state index in [1.165, 1.54) is 20.8 Å². The molecular weight excluding hydrogens is 214 g/mol. The zero-order chi connectivity index (χ0) is 11.0. The van der Waals surface area contributed by atoms with E-state index in [1.54, 1.807) is 0 Å². The number of halogens is 3. The zero-order valence-electron chi connectivity index (χ0n) is 8.14. The second-order valence-electron chi connectivity index (χ2n) is 3.54. The summed E-state index contributed by atoms with van der Waals surface area (Å²) in [6.07, 6.45) is -0.292. The van der Waals surface area contributed by atoms with Crippen LogP contribution in [0, 0.1) is 0 Å². The monoisotopic (exact) mass is 224 g/mol. The predicted molar refractivity (Wildman–Crippen MR) is 47.6 cm³/mol. The third-order valence-electron chi connectivity index (χ3n) is 2.29. The molecule has 1 aromatic heterocycles. The van der Waals surface area contributed by atoms with E-state index in [4.69, 9.17) is 16.0 Å². The summed E-state index contributed by atoms with van der Waals surface area (Å²) in [5.74, 6) is -3.04. The molecule has 0 bridgehead atoms. The minimum atomic E-state index is -2.90. The second kappa shape index (κ2) is 3.46. The Balaban J connectivity index is 3.07. The van der Waals surface area contributed by atoms with Crippen LogP contribution in [0.15, 0.2) is 4.42 Å². The Morgan fingerprint density at radius 1 is 1.36 bits per heavy atom. The van der Waals surface area contributed by atoms with Gasteiger partial charge in [-0.25, -0.2) is 8.78 Å². The maximum absolute atomic E-state index is 13.5. The van der Waals surface area contributed by atoms with Crippen molar-refractivity contribution in [2.45, 2.75) is 38.5 Å². The third kappa shape index (κ3) is 1.73. The summed E-state index contributed by atoms with van der Waals surface area (Å²) in [6.45, 7) is 4.10. The first kappa shape index (κ1) is 11.4. The molecule has 14 heavy (non-hydrogen) atoms. The van der Waals surface area contributed by atoms with E-state index in [-0.39, 0.29) is 17.7 Å². The van der Waals surface area contributed by atoms with E-state index in [0.717, 1.165) is 0 Å². The first-order valence-electron chi connectivity index (χ1n) is 4.18. The predicted octanol–water partition coefficient (Wildman–Crippen LogP) is 3.05. The highest BCUT2D eigenvalue weighted by molar-refractivity contribution is 6.27. The molecule has 0 spiro atoms. The molecule has 0 N–H and O–H groups in total. The highest BCUT2D eigenvalue weighted by atomic mass is 35.5. The van der Waals surface area contributed by atoms with Gasteiger partial charge in [-0.1, -0.05) is 12.0 Å². The highest BCUT2D eigenvalue weighted by Crippen LogP contribution is 2.40. The molecule has 0 atom stereocenters. The molecule has 0 amide bonds.